The molecule has 1 aliphatic heterocycles. The van der Waals surface area contributed by atoms with Crippen LogP contribution in [0.5, 0.6) is 0 Å². The maximum Gasteiger partial charge on any atom is 1.00 e. The van der Waals surface area contributed by atoms with Crippen LogP contribution in [0.4, 0.5) is 0 Å². The van der Waals surface area contributed by atoms with E-state index in [0.29, 0.717) is 6.61 Å². The maximum absolute atomic E-state index is 7.89. The van der Waals surface area contributed by atoms with Gasteiger partial charge in [0, 0.05) is 6.61 Å². The number of nitrogens with one attached hydrogen (secondary N) is 1. The first-order valence-corrected chi connectivity index (χ1v) is 5.16. The Kier molecular flexibility index (Phi) is 4.60. The van der Waals surface area contributed by atoms with E-state index in [1.807, 2.05) is 44.2 Å². The zero-order valence-corrected chi connectivity index (χ0v) is 10.1. The van der Waals surface area contributed by atoms with Gasteiger partial charge in [-0.2, -0.15) is 0 Å². The Morgan fingerprint density at radius 3 is 2.50 bits per heavy atom. The Balaban J connectivity index is 0.00000128. The summed E-state index contributed by atoms with van der Waals surface area (Å²) in [4.78, 5) is 0. The van der Waals surface area contributed by atoms with Gasteiger partial charge in [-0.3, -0.25) is 0 Å². The van der Waals surface area contributed by atoms with Crippen LogP contribution in [0.15, 0.2) is 30.3 Å². The Bertz CT molecular complexity index is 329. The number of hydrogen-bond donors (Lipinski definition) is 0. The molecule has 1 aliphatic rings. The van der Waals surface area contributed by atoms with E-state index < -0.39 is 5.79 Å². The summed E-state index contributed by atoms with van der Waals surface area (Å²) >= 11 is 0. The fourth-order valence-electron chi connectivity index (χ4n) is 1.74. The summed E-state index contributed by atoms with van der Waals surface area (Å²) in [6, 6.07) is 9.54. The number of benzene rings is 1. The van der Waals surface area contributed by atoms with Crippen molar-refractivity contribution >= 4 is 0 Å². The first-order valence-electron chi connectivity index (χ1n) is 5.16. The molecule has 1 saturated heterocycles. The number of hydrogen-bond acceptors (Lipinski definition) is 2. The average Bonchev–Trinajstić information content (AvgIpc) is 2.23. The van der Waals surface area contributed by atoms with E-state index in [1.54, 1.807) is 0 Å². The van der Waals surface area contributed by atoms with Crippen molar-refractivity contribution < 1.29 is 28.3 Å². The van der Waals surface area contributed by atoms with Crippen molar-refractivity contribution in [3.05, 3.63) is 41.6 Å². The zero-order valence-electron chi connectivity index (χ0n) is 10.1. The van der Waals surface area contributed by atoms with Gasteiger partial charge in [-0.1, -0.05) is 36.4 Å². The minimum Gasteiger partial charge on any atom is -0.670 e. The number of ether oxygens (including phenoxy) is 2. The SMILES string of the molecule is CC1(C)OC[C@H]([NH-])[C@H](c2ccccc2)O1.[Li+]. The van der Waals surface area contributed by atoms with Crippen molar-refractivity contribution in [3.8, 4) is 0 Å². The van der Waals surface area contributed by atoms with E-state index in [0.717, 1.165) is 5.56 Å². The molecule has 3 nitrogen and oxygen atoms in total. The molecular formula is C12H16LiNO2. The Morgan fingerprint density at radius 2 is 1.88 bits per heavy atom. The summed E-state index contributed by atoms with van der Waals surface area (Å²) in [6.07, 6.45) is -0.185. The van der Waals surface area contributed by atoms with E-state index in [2.05, 4.69) is 0 Å². The Morgan fingerprint density at radius 1 is 1.25 bits per heavy atom. The monoisotopic (exact) mass is 213 g/mol. The van der Waals surface area contributed by atoms with Crippen molar-refractivity contribution in [2.24, 2.45) is 0 Å². The average molecular weight is 213 g/mol. The second kappa shape index (κ2) is 5.35. The summed E-state index contributed by atoms with van der Waals surface area (Å²) in [5.41, 5.74) is 8.94. The zero-order chi connectivity index (χ0) is 10.9. The quantitative estimate of drug-likeness (QED) is 0.613. The first kappa shape index (κ1) is 13.8. The molecule has 82 valence electrons. The van der Waals surface area contributed by atoms with Gasteiger partial charge in [-0.05, 0) is 19.4 Å². The van der Waals surface area contributed by atoms with E-state index in [1.165, 1.54) is 0 Å². The third-order valence-corrected chi connectivity index (χ3v) is 2.51. The molecule has 1 fully saturated rings. The minimum absolute atomic E-state index is 0. The van der Waals surface area contributed by atoms with Gasteiger partial charge in [-0.25, -0.2) is 0 Å². The van der Waals surface area contributed by atoms with Crippen molar-refractivity contribution in [2.75, 3.05) is 6.61 Å². The summed E-state index contributed by atoms with van der Waals surface area (Å²) in [7, 11) is 0. The molecule has 2 atom stereocenters. The fraction of sp³-hybridized carbons (Fsp3) is 0.500. The Hall–Kier alpha value is -0.303. The second-order valence-corrected chi connectivity index (χ2v) is 4.27. The van der Waals surface area contributed by atoms with Crippen molar-refractivity contribution in [1.82, 2.24) is 0 Å². The molecule has 0 saturated carbocycles. The fourth-order valence-corrected chi connectivity index (χ4v) is 1.74. The van der Waals surface area contributed by atoms with E-state index in [9.17, 15) is 0 Å². The van der Waals surface area contributed by atoms with Gasteiger partial charge in [0.05, 0.1) is 6.10 Å². The molecule has 0 amide bonds. The van der Waals surface area contributed by atoms with Gasteiger partial charge in [0.1, 0.15) is 0 Å². The van der Waals surface area contributed by atoms with Crippen LogP contribution < -0.4 is 18.9 Å². The molecule has 2 rings (SSSR count). The normalized spacial score (nSPS) is 28.2. The van der Waals surface area contributed by atoms with Crippen LogP contribution in [0.2, 0.25) is 0 Å². The van der Waals surface area contributed by atoms with Crippen molar-refractivity contribution in [2.45, 2.75) is 31.8 Å². The maximum atomic E-state index is 7.89. The molecule has 16 heavy (non-hydrogen) atoms. The van der Waals surface area contributed by atoms with Gasteiger partial charge in [0.2, 0.25) is 0 Å². The predicted octanol–water partition coefficient (Wildman–Crippen LogP) is -0.0646. The molecule has 0 spiro atoms. The van der Waals surface area contributed by atoms with Crippen LogP contribution in [-0.4, -0.2) is 18.4 Å². The van der Waals surface area contributed by atoms with Gasteiger partial charge in [0.25, 0.3) is 0 Å². The van der Waals surface area contributed by atoms with Crippen LogP contribution in [-0.2, 0) is 9.47 Å². The van der Waals surface area contributed by atoms with E-state index in [4.69, 9.17) is 15.2 Å². The van der Waals surface area contributed by atoms with Gasteiger partial charge in [-0.15, -0.1) is 0 Å². The molecule has 0 unspecified atom stereocenters. The molecule has 0 aliphatic carbocycles. The van der Waals surface area contributed by atoms with E-state index >= 15 is 0 Å². The number of rotatable bonds is 1. The topological polar surface area (TPSA) is 42.3 Å². The second-order valence-electron chi connectivity index (χ2n) is 4.27. The predicted molar refractivity (Wildman–Crippen MR) is 58.4 cm³/mol. The summed E-state index contributed by atoms with van der Waals surface area (Å²) in [5, 5.41) is 0. The standard InChI is InChI=1S/C12H16NO2.Li/c1-12(2)14-8-10(13)11(15-12)9-6-4-3-5-7-9;/h3-7,10-11,13H,8H2,1-2H3;/q-1;+1/t10-,11-;/m0./s1. The smallest absolute Gasteiger partial charge is 0.670 e. The molecule has 1 aromatic carbocycles. The van der Waals surface area contributed by atoms with Crippen molar-refractivity contribution in [1.29, 1.82) is 0 Å². The molecule has 1 heterocycles. The summed E-state index contributed by atoms with van der Waals surface area (Å²) in [6.45, 7) is 4.19. The van der Waals surface area contributed by atoms with Crippen LogP contribution in [0, 0.1) is 0 Å². The minimum atomic E-state index is -0.585. The van der Waals surface area contributed by atoms with Crippen molar-refractivity contribution in [3.63, 3.8) is 0 Å². The molecule has 4 heteroatoms. The van der Waals surface area contributed by atoms with Gasteiger partial charge in [0.15, 0.2) is 5.79 Å². The summed E-state index contributed by atoms with van der Waals surface area (Å²) in [5.74, 6) is -0.585. The molecule has 0 radical (unpaired) electrons. The van der Waals surface area contributed by atoms with Crippen LogP contribution >= 0.6 is 0 Å². The molecule has 0 bridgehead atoms. The first-order chi connectivity index (χ1) is 7.08. The largest absolute Gasteiger partial charge is 1.00 e. The molecular weight excluding hydrogens is 197 g/mol. The summed E-state index contributed by atoms with van der Waals surface area (Å²) < 4.78 is 11.2. The molecule has 1 N–H and O–H groups in total. The van der Waals surface area contributed by atoms with E-state index in [-0.39, 0.29) is 31.0 Å². The Labute approximate surface area is 108 Å². The van der Waals surface area contributed by atoms with Gasteiger partial charge < -0.3 is 15.2 Å². The molecule has 0 aromatic heterocycles. The van der Waals surface area contributed by atoms with Crippen LogP contribution in [0.25, 0.3) is 5.73 Å². The molecule has 1 aromatic rings. The third-order valence-electron chi connectivity index (χ3n) is 2.51. The third kappa shape index (κ3) is 3.10. The van der Waals surface area contributed by atoms with Crippen LogP contribution in [0.1, 0.15) is 25.5 Å². The van der Waals surface area contributed by atoms with Gasteiger partial charge >= 0.3 is 18.9 Å². The van der Waals surface area contributed by atoms with Crippen LogP contribution in [0.3, 0.4) is 0 Å².